The fraction of sp³-hybridized carbons (Fsp3) is 0.250. The highest BCUT2D eigenvalue weighted by Crippen LogP contribution is 2.20. The van der Waals surface area contributed by atoms with Gasteiger partial charge in [-0.05, 0) is 59.7 Å². The average molecular weight is 311 g/mol. The molecule has 0 aliphatic heterocycles. The third kappa shape index (κ3) is 2.41. The Bertz CT molecular complexity index is 440. The molecule has 13 heavy (non-hydrogen) atoms. The first-order chi connectivity index (χ1) is 5.82. The van der Waals surface area contributed by atoms with Gasteiger partial charge >= 0.3 is 0 Å². The van der Waals surface area contributed by atoms with E-state index < -0.39 is 10.0 Å². The molecule has 0 radical (unpaired) electrons. The van der Waals surface area contributed by atoms with Gasteiger partial charge in [0, 0.05) is 3.57 Å². The molecule has 2 N–H and O–H groups in total. The van der Waals surface area contributed by atoms with Crippen molar-refractivity contribution < 1.29 is 8.42 Å². The summed E-state index contributed by atoms with van der Waals surface area (Å²) < 4.78 is 22.9. The molecule has 0 aliphatic carbocycles. The monoisotopic (exact) mass is 311 g/mol. The second-order valence-corrected chi connectivity index (χ2v) is 5.60. The van der Waals surface area contributed by atoms with Gasteiger partial charge in [0.05, 0.1) is 4.90 Å². The molecule has 72 valence electrons. The van der Waals surface area contributed by atoms with Crippen molar-refractivity contribution >= 4 is 32.6 Å². The number of primary sulfonamides is 1. The minimum atomic E-state index is -3.58. The van der Waals surface area contributed by atoms with E-state index in [0.29, 0.717) is 3.57 Å². The first kappa shape index (κ1) is 10.9. The summed E-state index contributed by atoms with van der Waals surface area (Å²) in [6.45, 7) is 3.80. The molecule has 0 unspecified atom stereocenters. The van der Waals surface area contributed by atoms with Gasteiger partial charge in [-0.2, -0.15) is 0 Å². The Kier molecular flexibility index (Phi) is 2.98. The van der Waals surface area contributed by atoms with Gasteiger partial charge in [0.2, 0.25) is 10.0 Å². The zero-order valence-corrected chi connectivity index (χ0v) is 10.3. The summed E-state index contributed by atoms with van der Waals surface area (Å²) in [5.74, 6) is 0. The molecule has 0 atom stereocenters. The summed E-state index contributed by atoms with van der Waals surface area (Å²) in [5, 5.41) is 5.04. The van der Waals surface area contributed by atoms with Crippen LogP contribution in [-0.2, 0) is 10.0 Å². The molecule has 0 spiro atoms. The molecule has 0 fully saturated rings. The standard InChI is InChI=1S/C8H10INO2S/c1-5-3-7(9)8(4-6(5)2)13(10,11)12/h3-4H,1-2H3,(H2,10,11,12). The van der Waals surface area contributed by atoms with Gasteiger partial charge in [-0.15, -0.1) is 0 Å². The van der Waals surface area contributed by atoms with E-state index in [4.69, 9.17) is 5.14 Å². The molecule has 0 saturated heterocycles. The molecular weight excluding hydrogens is 301 g/mol. The van der Waals surface area contributed by atoms with Gasteiger partial charge in [0.15, 0.2) is 0 Å². The lowest BCUT2D eigenvalue weighted by atomic mass is 10.1. The molecule has 5 heteroatoms. The van der Waals surface area contributed by atoms with Crippen molar-refractivity contribution in [2.24, 2.45) is 5.14 Å². The van der Waals surface area contributed by atoms with Gasteiger partial charge in [-0.25, -0.2) is 13.6 Å². The molecule has 1 rings (SSSR count). The predicted molar refractivity (Wildman–Crippen MR) is 60.0 cm³/mol. The highest BCUT2D eigenvalue weighted by Gasteiger charge is 2.13. The van der Waals surface area contributed by atoms with Gasteiger partial charge in [0.25, 0.3) is 0 Å². The maximum absolute atomic E-state index is 11.1. The van der Waals surface area contributed by atoms with Crippen molar-refractivity contribution in [3.05, 3.63) is 26.8 Å². The Morgan fingerprint density at radius 1 is 1.23 bits per heavy atom. The lowest BCUT2D eigenvalue weighted by molar-refractivity contribution is 0.597. The molecule has 0 aliphatic rings. The van der Waals surface area contributed by atoms with E-state index in [0.717, 1.165) is 11.1 Å². The summed E-state index contributed by atoms with van der Waals surface area (Å²) in [4.78, 5) is 0.205. The SMILES string of the molecule is Cc1cc(I)c(S(N)(=O)=O)cc1C. The molecule has 3 nitrogen and oxygen atoms in total. The van der Waals surface area contributed by atoms with E-state index in [1.807, 2.05) is 42.5 Å². The van der Waals surface area contributed by atoms with Crippen molar-refractivity contribution in [3.8, 4) is 0 Å². The third-order valence-electron chi connectivity index (χ3n) is 1.85. The number of hydrogen-bond donors (Lipinski definition) is 1. The fourth-order valence-electron chi connectivity index (χ4n) is 0.973. The normalized spacial score (nSPS) is 11.7. The Labute approximate surface area is 91.5 Å². The van der Waals surface area contributed by atoms with Crippen LogP contribution in [0.1, 0.15) is 11.1 Å². The smallest absolute Gasteiger partial charge is 0.225 e. The van der Waals surface area contributed by atoms with Gasteiger partial charge < -0.3 is 0 Å². The van der Waals surface area contributed by atoms with Crippen LogP contribution in [0.5, 0.6) is 0 Å². The van der Waals surface area contributed by atoms with E-state index in [-0.39, 0.29) is 4.90 Å². The van der Waals surface area contributed by atoms with Crippen LogP contribution in [0.3, 0.4) is 0 Å². The summed E-state index contributed by atoms with van der Waals surface area (Å²) in [6, 6.07) is 3.42. The maximum Gasteiger partial charge on any atom is 0.239 e. The Balaban J connectivity index is 3.50. The largest absolute Gasteiger partial charge is 0.239 e. The molecule has 0 heterocycles. The van der Waals surface area contributed by atoms with Crippen molar-refractivity contribution in [3.63, 3.8) is 0 Å². The van der Waals surface area contributed by atoms with Crippen molar-refractivity contribution in [1.82, 2.24) is 0 Å². The van der Waals surface area contributed by atoms with E-state index in [9.17, 15) is 8.42 Å². The number of nitrogens with two attached hydrogens (primary N) is 1. The number of hydrogen-bond acceptors (Lipinski definition) is 2. The van der Waals surface area contributed by atoms with Crippen LogP contribution in [0.25, 0.3) is 0 Å². The van der Waals surface area contributed by atoms with Crippen molar-refractivity contribution in [2.45, 2.75) is 18.7 Å². The van der Waals surface area contributed by atoms with Gasteiger partial charge in [-0.3, -0.25) is 0 Å². The minimum Gasteiger partial charge on any atom is -0.225 e. The Hall–Kier alpha value is -0.140. The first-order valence-corrected chi connectivity index (χ1v) is 6.24. The minimum absolute atomic E-state index is 0.205. The second kappa shape index (κ2) is 3.55. The van der Waals surface area contributed by atoms with Crippen LogP contribution in [-0.4, -0.2) is 8.42 Å². The van der Waals surface area contributed by atoms with E-state index in [2.05, 4.69) is 0 Å². The van der Waals surface area contributed by atoms with Crippen molar-refractivity contribution in [2.75, 3.05) is 0 Å². The van der Waals surface area contributed by atoms with Crippen LogP contribution in [0.2, 0.25) is 0 Å². The topological polar surface area (TPSA) is 60.2 Å². The van der Waals surface area contributed by atoms with Crippen LogP contribution < -0.4 is 5.14 Å². The number of benzene rings is 1. The third-order valence-corrected chi connectivity index (χ3v) is 4.06. The maximum atomic E-state index is 11.1. The summed E-state index contributed by atoms with van der Waals surface area (Å²) in [5.41, 5.74) is 2.00. The van der Waals surface area contributed by atoms with Crippen LogP contribution in [0.4, 0.5) is 0 Å². The molecule has 0 bridgehead atoms. The van der Waals surface area contributed by atoms with E-state index in [1.54, 1.807) is 6.07 Å². The van der Waals surface area contributed by atoms with Crippen LogP contribution in [0, 0.1) is 17.4 Å². The summed E-state index contributed by atoms with van der Waals surface area (Å²) in [7, 11) is -3.58. The van der Waals surface area contributed by atoms with Crippen LogP contribution in [0.15, 0.2) is 17.0 Å². The lowest BCUT2D eigenvalue weighted by Gasteiger charge is -2.05. The Morgan fingerprint density at radius 2 is 1.69 bits per heavy atom. The zero-order chi connectivity index (χ0) is 10.2. The number of sulfonamides is 1. The summed E-state index contributed by atoms with van der Waals surface area (Å²) in [6.07, 6.45) is 0. The number of halogens is 1. The number of rotatable bonds is 1. The van der Waals surface area contributed by atoms with Crippen LogP contribution >= 0.6 is 22.6 Å². The van der Waals surface area contributed by atoms with E-state index in [1.165, 1.54) is 0 Å². The Morgan fingerprint density at radius 3 is 2.15 bits per heavy atom. The fourth-order valence-corrected chi connectivity index (χ4v) is 3.19. The van der Waals surface area contributed by atoms with Gasteiger partial charge in [0.1, 0.15) is 0 Å². The molecule has 0 amide bonds. The molecule has 1 aromatic carbocycles. The summed E-state index contributed by atoms with van der Waals surface area (Å²) >= 11 is 1.97. The molecule has 1 aromatic rings. The number of aryl methyl sites for hydroxylation is 2. The first-order valence-electron chi connectivity index (χ1n) is 3.62. The quantitative estimate of drug-likeness (QED) is 0.800. The molecule has 0 saturated carbocycles. The molecular formula is C8H10INO2S. The second-order valence-electron chi connectivity index (χ2n) is 2.91. The highest BCUT2D eigenvalue weighted by atomic mass is 127. The van der Waals surface area contributed by atoms with Crippen molar-refractivity contribution in [1.29, 1.82) is 0 Å². The highest BCUT2D eigenvalue weighted by molar-refractivity contribution is 14.1. The lowest BCUT2D eigenvalue weighted by Crippen LogP contribution is -2.14. The zero-order valence-electron chi connectivity index (χ0n) is 7.33. The van der Waals surface area contributed by atoms with E-state index >= 15 is 0 Å². The predicted octanol–water partition coefficient (Wildman–Crippen LogP) is 1.56. The average Bonchev–Trinajstić information content (AvgIpc) is 1.94. The molecule has 0 aromatic heterocycles. The van der Waals surface area contributed by atoms with Gasteiger partial charge in [-0.1, -0.05) is 0 Å².